The van der Waals surface area contributed by atoms with Crippen molar-refractivity contribution in [3.63, 3.8) is 0 Å². The number of rotatable bonds is 4. The van der Waals surface area contributed by atoms with Gasteiger partial charge in [-0.3, -0.25) is 14.5 Å². The quantitative estimate of drug-likeness (QED) is 0.667. The summed E-state index contributed by atoms with van der Waals surface area (Å²) in [5.41, 5.74) is -0.0823. The first-order valence-electron chi connectivity index (χ1n) is 8.48. The Kier molecular flexibility index (Phi) is 3.53. The number of anilines is 1. The van der Waals surface area contributed by atoms with Gasteiger partial charge in [0, 0.05) is 30.0 Å². The number of allylic oxidation sites excluding steroid dienone is 2. The molecule has 24 heavy (non-hydrogen) atoms. The summed E-state index contributed by atoms with van der Waals surface area (Å²) in [5.74, 6) is 1.15. The van der Waals surface area contributed by atoms with Crippen LogP contribution in [0.15, 0.2) is 12.2 Å². The molecule has 0 aromatic carbocycles. The van der Waals surface area contributed by atoms with Crippen LogP contribution in [0.1, 0.15) is 33.0 Å². The van der Waals surface area contributed by atoms with Gasteiger partial charge in [-0.05, 0) is 18.3 Å². The van der Waals surface area contributed by atoms with Crippen molar-refractivity contribution in [1.82, 2.24) is 14.3 Å². The van der Waals surface area contributed by atoms with Crippen LogP contribution in [0.2, 0.25) is 0 Å². The van der Waals surface area contributed by atoms with Crippen molar-refractivity contribution < 1.29 is 9.59 Å². The first kappa shape index (κ1) is 15.7. The average molecular weight is 346 g/mol. The first-order valence-corrected chi connectivity index (χ1v) is 9.25. The molecule has 2 aliphatic carbocycles. The lowest BCUT2D eigenvalue weighted by atomic mass is 9.85. The van der Waals surface area contributed by atoms with Gasteiger partial charge in [0.2, 0.25) is 16.9 Å². The molecule has 4 atom stereocenters. The number of hydrogen-bond donors (Lipinski definition) is 1. The third-order valence-corrected chi connectivity index (χ3v) is 5.94. The molecule has 3 aliphatic rings. The molecule has 1 saturated carbocycles. The van der Waals surface area contributed by atoms with Crippen LogP contribution in [-0.2, 0) is 15.0 Å². The molecule has 1 aromatic rings. The predicted octanol–water partition coefficient (Wildman–Crippen LogP) is 2.05. The highest BCUT2D eigenvalue weighted by Crippen LogP contribution is 2.52. The Labute approximate surface area is 145 Å². The molecule has 2 heterocycles. The van der Waals surface area contributed by atoms with Gasteiger partial charge < -0.3 is 5.32 Å². The fraction of sp³-hybridized carbons (Fsp3) is 0.647. The second kappa shape index (κ2) is 5.37. The van der Waals surface area contributed by atoms with E-state index in [1.165, 1.54) is 16.4 Å². The number of hydrogen-bond acceptors (Lipinski definition) is 6. The fourth-order valence-corrected chi connectivity index (χ4v) is 4.84. The largest absolute Gasteiger partial charge is 0.358 e. The van der Waals surface area contributed by atoms with Crippen molar-refractivity contribution in [1.29, 1.82) is 0 Å². The lowest BCUT2D eigenvalue weighted by Gasteiger charge is -2.17. The van der Waals surface area contributed by atoms with E-state index in [-0.39, 0.29) is 40.9 Å². The maximum absolute atomic E-state index is 12.6. The molecule has 2 fully saturated rings. The molecule has 0 spiro atoms. The van der Waals surface area contributed by atoms with Crippen molar-refractivity contribution in [2.75, 3.05) is 18.4 Å². The summed E-state index contributed by atoms with van der Waals surface area (Å²) < 4.78 is 4.35. The number of nitrogens with one attached hydrogen (secondary N) is 1. The Morgan fingerprint density at radius 1 is 1.21 bits per heavy atom. The van der Waals surface area contributed by atoms with Gasteiger partial charge in [0.05, 0.1) is 11.8 Å². The number of nitrogens with zero attached hydrogens (tertiary/aromatic N) is 3. The first-order chi connectivity index (χ1) is 11.4. The van der Waals surface area contributed by atoms with E-state index in [1.807, 2.05) is 0 Å². The highest BCUT2D eigenvalue weighted by Gasteiger charge is 2.58. The van der Waals surface area contributed by atoms with Crippen LogP contribution < -0.4 is 5.32 Å². The van der Waals surface area contributed by atoms with Crippen molar-refractivity contribution in [3.05, 3.63) is 18.0 Å². The van der Waals surface area contributed by atoms with Gasteiger partial charge in [0.1, 0.15) is 5.82 Å². The molecule has 2 amide bonds. The normalized spacial score (nSPS) is 31.2. The van der Waals surface area contributed by atoms with Crippen LogP contribution in [0, 0.1) is 23.7 Å². The van der Waals surface area contributed by atoms with E-state index in [2.05, 4.69) is 47.6 Å². The maximum atomic E-state index is 12.6. The number of carbonyl (C=O) groups is 2. The molecular formula is C17H22N4O2S. The molecule has 7 heteroatoms. The lowest BCUT2D eigenvalue weighted by Crippen LogP contribution is -2.36. The number of carbonyl (C=O) groups excluding carboxylic acids is 2. The zero-order chi connectivity index (χ0) is 17.1. The zero-order valence-electron chi connectivity index (χ0n) is 14.2. The van der Waals surface area contributed by atoms with Gasteiger partial charge in [-0.15, -0.1) is 0 Å². The Hall–Kier alpha value is -1.76. The van der Waals surface area contributed by atoms with E-state index in [0.717, 1.165) is 17.4 Å². The van der Waals surface area contributed by atoms with Crippen LogP contribution in [0.3, 0.4) is 0 Å². The Bertz CT molecular complexity index is 690. The summed E-state index contributed by atoms with van der Waals surface area (Å²) in [5, 5.41) is 3.93. The van der Waals surface area contributed by atoms with Crippen LogP contribution in [0.4, 0.5) is 5.13 Å². The van der Waals surface area contributed by atoms with Crippen LogP contribution in [-0.4, -0.2) is 39.2 Å². The number of fused-ring (bicyclic) bond motifs is 5. The third kappa shape index (κ3) is 2.37. The van der Waals surface area contributed by atoms with Gasteiger partial charge in [0.15, 0.2) is 0 Å². The monoisotopic (exact) mass is 346 g/mol. The van der Waals surface area contributed by atoms with Crippen LogP contribution >= 0.6 is 11.5 Å². The molecule has 128 valence electrons. The van der Waals surface area contributed by atoms with E-state index in [9.17, 15) is 9.59 Å². The van der Waals surface area contributed by atoms with Gasteiger partial charge in [0.25, 0.3) is 0 Å². The van der Waals surface area contributed by atoms with Crippen LogP contribution in [0.5, 0.6) is 0 Å². The minimum atomic E-state index is -0.110. The molecule has 2 bridgehead atoms. The standard InChI is InChI=1S/C17H22N4O2S/c1-17(2,3)15-19-16(24-20-15)18-6-7-21-13(22)11-9-4-5-10(8-9)12(11)14(21)23/h4-5,9-12H,6-8H2,1-3H3,(H,18,19,20). The third-order valence-electron chi connectivity index (χ3n) is 5.27. The smallest absolute Gasteiger partial charge is 0.233 e. The number of imide groups is 1. The molecule has 1 N–H and O–H groups in total. The molecule has 6 nitrogen and oxygen atoms in total. The second-order valence-electron chi connectivity index (χ2n) is 7.93. The van der Waals surface area contributed by atoms with Crippen molar-refractivity contribution >= 4 is 28.5 Å². The van der Waals surface area contributed by atoms with Gasteiger partial charge in [-0.25, -0.2) is 4.98 Å². The summed E-state index contributed by atoms with van der Waals surface area (Å²) in [6.07, 6.45) is 5.21. The average Bonchev–Trinajstić information content (AvgIpc) is 3.25. The van der Waals surface area contributed by atoms with Gasteiger partial charge in [-0.2, -0.15) is 4.37 Å². The predicted molar refractivity (Wildman–Crippen MR) is 91.5 cm³/mol. The molecule has 4 rings (SSSR count). The van der Waals surface area contributed by atoms with Gasteiger partial charge in [-0.1, -0.05) is 32.9 Å². The Morgan fingerprint density at radius 3 is 2.38 bits per heavy atom. The highest BCUT2D eigenvalue weighted by atomic mass is 32.1. The summed E-state index contributed by atoms with van der Waals surface area (Å²) in [4.78, 5) is 31.1. The highest BCUT2D eigenvalue weighted by molar-refractivity contribution is 7.09. The number of amides is 2. The van der Waals surface area contributed by atoms with Crippen molar-refractivity contribution in [3.8, 4) is 0 Å². The van der Waals surface area contributed by atoms with E-state index >= 15 is 0 Å². The number of likely N-dealkylation sites (tertiary alicyclic amines) is 1. The molecule has 1 aliphatic heterocycles. The molecule has 4 unspecified atom stereocenters. The fourth-order valence-electron chi connectivity index (χ4n) is 4.06. The zero-order valence-corrected chi connectivity index (χ0v) is 15.0. The van der Waals surface area contributed by atoms with Crippen molar-refractivity contribution in [2.45, 2.75) is 32.6 Å². The maximum Gasteiger partial charge on any atom is 0.233 e. The van der Waals surface area contributed by atoms with E-state index in [0.29, 0.717) is 13.1 Å². The van der Waals surface area contributed by atoms with Crippen LogP contribution in [0.25, 0.3) is 0 Å². The summed E-state index contributed by atoms with van der Waals surface area (Å²) in [6, 6.07) is 0. The number of aromatic nitrogens is 2. The lowest BCUT2D eigenvalue weighted by molar-refractivity contribution is -0.140. The topological polar surface area (TPSA) is 75.2 Å². The minimum Gasteiger partial charge on any atom is -0.358 e. The molecule has 1 saturated heterocycles. The van der Waals surface area contributed by atoms with E-state index in [4.69, 9.17) is 0 Å². The van der Waals surface area contributed by atoms with E-state index in [1.54, 1.807) is 0 Å². The molecule has 1 aromatic heterocycles. The van der Waals surface area contributed by atoms with E-state index < -0.39 is 0 Å². The van der Waals surface area contributed by atoms with Gasteiger partial charge >= 0.3 is 0 Å². The Balaban J connectivity index is 1.36. The molecular weight excluding hydrogens is 324 g/mol. The molecule has 0 radical (unpaired) electrons. The summed E-state index contributed by atoms with van der Waals surface area (Å²) >= 11 is 1.32. The minimum absolute atomic E-state index is 0.0105. The summed E-state index contributed by atoms with van der Waals surface area (Å²) in [6.45, 7) is 7.12. The Morgan fingerprint density at radius 2 is 1.83 bits per heavy atom. The summed E-state index contributed by atoms with van der Waals surface area (Å²) in [7, 11) is 0. The van der Waals surface area contributed by atoms with Crippen molar-refractivity contribution in [2.24, 2.45) is 23.7 Å². The SMILES string of the molecule is CC(C)(C)c1nsc(NCCN2C(=O)C3C4C=CC(C4)C3C2=O)n1. The second-order valence-corrected chi connectivity index (χ2v) is 8.68.